The molecular formula is C25H16F4N2O4. The Bertz CT molecular complexity index is 1440. The summed E-state index contributed by atoms with van der Waals surface area (Å²) in [5, 5.41) is 12.0. The van der Waals surface area contributed by atoms with Crippen LogP contribution in [0.25, 0.3) is 17.2 Å². The summed E-state index contributed by atoms with van der Waals surface area (Å²) < 4.78 is 59.1. The zero-order valence-electron chi connectivity index (χ0n) is 17.7. The molecule has 0 saturated heterocycles. The average Bonchev–Trinajstić information content (AvgIpc) is 3.27. The third-order valence-corrected chi connectivity index (χ3v) is 5.20. The van der Waals surface area contributed by atoms with Crippen molar-refractivity contribution in [1.82, 2.24) is 4.98 Å². The van der Waals surface area contributed by atoms with Crippen LogP contribution in [0.15, 0.2) is 77.6 Å². The molecule has 4 rings (SSSR count). The normalized spacial score (nSPS) is 12.7. The molecule has 0 aliphatic heterocycles. The number of aliphatic carboxylic acids is 1. The van der Waals surface area contributed by atoms with Crippen molar-refractivity contribution in [2.75, 3.05) is 5.32 Å². The molecule has 1 heterocycles. The van der Waals surface area contributed by atoms with Crippen molar-refractivity contribution in [3.63, 3.8) is 0 Å². The highest BCUT2D eigenvalue weighted by Crippen LogP contribution is 2.33. The number of fused-ring (bicyclic) bond motifs is 1. The van der Waals surface area contributed by atoms with Crippen LogP contribution >= 0.6 is 0 Å². The van der Waals surface area contributed by atoms with Gasteiger partial charge in [-0.15, -0.1) is 0 Å². The molecule has 0 aliphatic carbocycles. The number of benzene rings is 3. The van der Waals surface area contributed by atoms with Gasteiger partial charge < -0.3 is 14.8 Å². The molecule has 3 aromatic carbocycles. The number of rotatable bonds is 6. The van der Waals surface area contributed by atoms with E-state index < -0.39 is 35.4 Å². The van der Waals surface area contributed by atoms with Crippen molar-refractivity contribution < 1.29 is 36.7 Å². The summed E-state index contributed by atoms with van der Waals surface area (Å²) in [4.78, 5) is 28.1. The number of oxazole rings is 1. The number of hydrogen-bond acceptors (Lipinski definition) is 4. The second kappa shape index (κ2) is 9.41. The molecule has 1 aromatic heterocycles. The number of halogens is 4. The number of nitrogens with zero attached hydrogens (tertiary/aromatic N) is 1. The molecule has 1 amide bonds. The minimum Gasteiger partial charge on any atom is -0.481 e. The van der Waals surface area contributed by atoms with Gasteiger partial charge in [-0.3, -0.25) is 9.59 Å². The van der Waals surface area contributed by atoms with E-state index in [9.17, 15) is 32.3 Å². The molecule has 178 valence electrons. The minimum absolute atomic E-state index is 0.116. The van der Waals surface area contributed by atoms with Gasteiger partial charge in [0.25, 0.3) is 0 Å². The lowest BCUT2D eigenvalue weighted by Gasteiger charge is -2.15. The van der Waals surface area contributed by atoms with Gasteiger partial charge in [-0.2, -0.15) is 13.2 Å². The van der Waals surface area contributed by atoms with Crippen molar-refractivity contribution >= 4 is 34.7 Å². The van der Waals surface area contributed by atoms with E-state index in [2.05, 4.69) is 10.3 Å². The number of carboxylic acid groups (broad SMARTS) is 1. The minimum atomic E-state index is -4.60. The number of carbonyl (C=O) groups is 2. The predicted molar refractivity (Wildman–Crippen MR) is 119 cm³/mol. The van der Waals surface area contributed by atoms with Gasteiger partial charge in [-0.1, -0.05) is 30.3 Å². The van der Waals surface area contributed by atoms with Gasteiger partial charge in [0.15, 0.2) is 12.0 Å². The first kappa shape index (κ1) is 23.7. The summed E-state index contributed by atoms with van der Waals surface area (Å²) >= 11 is 0. The molecule has 10 heteroatoms. The fraction of sp³-hybridized carbons (Fsp3) is 0.0800. The summed E-state index contributed by atoms with van der Waals surface area (Å²) in [7, 11) is 0. The van der Waals surface area contributed by atoms with Crippen LogP contribution in [-0.4, -0.2) is 22.0 Å². The quantitative estimate of drug-likeness (QED) is 0.264. The average molecular weight is 484 g/mol. The molecule has 4 aromatic rings. The molecule has 6 nitrogen and oxygen atoms in total. The molecule has 0 spiro atoms. The molecule has 0 saturated carbocycles. The summed E-state index contributed by atoms with van der Waals surface area (Å²) in [5.74, 6) is -4.21. The van der Waals surface area contributed by atoms with Crippen molar-refractivity contribution in [1.29, 1.82) is 0 Å². The first-order chi connectivity index (χ1) is 16.6. The maximum atomic E-state index is 14.7. The number of nitrogens with one attached hydrogen (secondary N) is 1. The molecule has 2 N–H and O–H groups in total. The SMILES string of the molecule is O=C(C=Cc1ccccc1C(F)(F)F)Nc1ccc(C(C(=O)O)c2ccc3ocnc3c2)cc1F. The zero-order valence-corrected chi connectivity index (χ0v) is 17.7. The number of alkyl halides is 3. The van der Waals surface area contributed by atoms with Crippen molar-refractivity contribution in [2.45, 2.75) is 12.1 Å². The first-order valence-electron chi connectivity index (χ1n) is 10.1. The maximum Gasteiger partial charge on any atom is 0.416 e. The summed E-state index contributed by atoms with van der Waals surface area (Å²) in [6.07, 6.45) is -1.55. The van der Waals surface area contributed by atoms with Crippen LogP contribution < -0.4 is 5.32 Å². The van der Waals surface area contributed by atoms with Crippen LogP contribution in [0.2, 0.25) is 0 Å². The molecular weight excluding hydrogens is 468 g/mol. The Hall–Kier alpha value is -4.47. The Morgan fingerprint density at radius 2 is 1.74 bits per heavy atom. The van der Waals surface area contributed by atoms with Gasteiger partial charge in [0, 0.05) is 6.08 Å². The van der Waals surface area contributed by atoms with Crippen LogP contribution in [0.5, 0.6) is 0 Å². The van der Waals surface area contributed by atoms with Gasteiger partial charge in [0.05, 0.1) is 11.3 Å². The van der Waals surface area contributed by atoms with E-state index >= 15 is 0 Å². The summed E-state index contributed by atoms with van der Waals surface area (Å²) in [5.41, 5.74) is -0.0251. The largest absolute Gasteiger partial charge is 0.481 e. The van der Waals surface area contributed by atoms with Crippen LogP contribution in [0.4, 0.5) is 23.2 Å². The van der Waals surface area contributed by atoms with Gasteiger partial charge in [0.1, 0.15) is 17.3 Å². The fourth-order valence-corrected chi connectivity index (χ4v) is 3.58. The monoisotopic (exact) mass is 484 g/mol. The van der Waals surface area contributed by atoms with Crippen LogP contribution in [0.1, 0.15) is 28.2 Å². The van der Waals surface area contributed by atoms with E-state index in [0.717, 1.165) is 24.3 Å². The van der Waals surface area contributed by atoms with E-state index in [0.29, 0.717) is 16.7 Å². The second-order valence-corrected chi connectivity index (χ2v) is 7.50. The highest BCUT2D eigenvalue weighted by Gasteiger charge is 2.32. The highest BCUT2D eigenvalue weighted by atomic mass is 19.4. The molecule has 1 unspecified atom stereocenters. The predicted octanol–water partition coefficient (Wildman–Crippen LogP) is 5.85. The highest BCUT2D eigenvalue weighted by molar-refractivity contribution is 6.02. The lowest BCUT2D eigenvalue weighted by Crippen LogP contribution is -2.14. The Labute approximate surface area is 195 Å². The topological polar surface area (TPSA) is 92.4 Å². The van der Waals surface area contributed by atoms with Gasteiger partial charge in [-0.25, -0.2) is 9.37 Å². The van der Waals surface area contributed by atoms with E-state index in [1.54, 1.807) is 6.07 Å². The molecule has 0 aliphatic rings. The molecule has 0 radical (unpaired) electrons. The molecule has 1 atom stereocenters. The fourth-order valence-electron chi connectivity index (χ4n) is 3.58. The smallest absolute Gasteiger partial charge is 0.416 e. The first-order valence-corrected chi connectivity index (χ1v) is 10.1. The second-order valence-electron chi connectivity index (χ2n) is 7.50. The maximum absolute atomic E-state index is 14.7. The Morgan fingerprint density at radius 1 is 1.03 bits per heavy atom. The van der Waals surface area contributed by atoms with Crippen molar-refractivity contribution in [3.05, 3.63) is 101 Å². The Morgan fingerprint density at radius 3 is 2.46 bits per heavy atom. The Kier molecular flexibility index (Phi) is 6.37. The molecule has 0 bridgehead atoms. The standard InChI is InChI=1S/C25H16F4N2O4/c26-18-11-15(23(24(33)34)16-6-9-21-20(12-16)30-13-35-21)5-8-19(18)31-22(32)10-7-14-3-1-2-4-17(14)25(27,28)29/h1-13,23H,(H,31,32)(H,33,34). The summed E-state index contributed by atoms with van der Waals surface area (Å²) in [6.45, 7) is 0. The van der Waals surface area contributed by atoms with E-state index in [-0.39, 0.29) is 16.8 Å². The third kappa shape index (κ3) is 5.21. The van der Waals surface area contributed by atoms with E-state index in [1.807, 2.05) is 0 Å². The lowest BCUT2D eigenvalue weighted by atomic mass is 9.91. The number of aromatic nitrogens is 1. The number of carboxylic acids is 1. The number of hydrogen-bond donors (Lipinski definition) is 2. The number of anilines is 1. The lowest BCUT2D eigenvalue weighted by molar-refractivity contribution is -0.138. The number of amides is 1. The van der Waals surface area contributed by atoms with Crippen LogP contribution in [0, 0.1) is 5.82 Å². The van der Waals surface area contributed by atoms with Crippen molar-refractivity contribution in [2.24, 2.45) is 0 Å². The molecule has 35 heavy (non-hydrogen) atoms. The number of carbonyl (C=O) groups excluding carboxylic acids is 1. The molecule has 0 fully saturated rings. The van der Waals surface area contributed by atoms with E-state index in [4.69, 9.17) is 4.42 Å². The van der Waals surface area contributed by atoms with Crippen LogP contribution in [0.3, 0.4) is 0 Å². The van der Waals surface area contributed by atoms with Gasteiger partial charge in [-0.05, 0) is 53.1 Å². The summed E-state index contributed by atoms with van der Waals surface area (Å²) in [6, 6.07) is 12.8. The van der Waals surface area contributed by atoms with Gasteiger partial charge >= 0.3 is 12.1 Å². The van der Waals surface area contributed by atoms with E-state index in [1.165, 1.54) is 48.9 Å². The Balaban J connectivity index is 1.54. The van der Waals surface area contributed by atoms with Crippen molar-refractivity contribution in [3.8, 4) is 0 Å². The zero-order chi connectivity index (χ0) is 25.2. The third-order valence-electron chi connectivity index (χ3n) is 5.20. The van der Waals surface area contributed by atoms with Gasteiger partial charge in [0.2, 0.25) is 5.91 Å². The van der Waals surface area contributed by atoms with Crippen LogP contribution in [-0.2, 0) is 15.8 Å².